The lowest BCUT2D eigenvalue weighted by molar-refractivity contribution is 0.189. The van der Waals surface area contributed by atoms with Crippen LogP contribution in [0.4, 0.5) is 19.4 Å². The maximum Gasteiger partial charge on any atom is 0.405 e. The molecule has 0 aliphatic heterocycles. The third-order valence-corrected chi connectivity index (χ3v) is 9.89. The summed E-state index contributed by atoms with van der Waals surface area (Å²) < 4.78 is 65.3. The van der Waals surface area contributed by atoms with E-state index in [1.165, 1.54) is 35.5 Å². The lowest BCUT2D eigenvalue weighted by atomic mass is 10.0. The van der Waals surface area contributed by atoms with Gasteiger partial charge >= 0.3 is 6.09 Å². The fraction of sp³-hybridized carbons (Fsp3) is 0.200. The lowest BCUT2D eigenvalue weighted by Crippen LogP contribution is -2.35. The largest absolute Gasteiger partial charge is 0.497 e. The van der Waals surface area contributed by atoms with E-state index in [9.17, 15) is 31.9 Å². The summed E-state index contributed by atoms with van der Waals surface area (Å²) in [7, 11) is -0.907. The van der Waals surface area contributed by atoms with Crippen LogP contribution in [0.25, 0.3) is 27.5 Å². The van der Waals surface area contributed by atoms with Crippen molar-refractivity contribution in [3.8, 4) is 11.4 Å². The number of fused-ring (bicyclic) bond motifs is 2. The molecular formula is C35H31ClF2N6O6S. The Morgan fingerprint density at radius 2 is 1.73 bits per heavy atom. The molecule has 51 heavy (non-hydrogen) atoms. The van der Waals surface area contributed by atoms with Gasteiger partial charge in [-0.1, -0.05) is 35.9 Å². The van der Waals surface area contributed by atoms with Gasteiger partial charge in [0.25, 0.3) is 5.56 Å². The van der Waals surface area contributed by atoms with Gasteiger partial charge in [0.15, 0.2) is 5.82 Å². The Kier molecular flexibility index (Phi) is 9.68. The molecule has 0 saturated carbocycles. The minimum Gasteiger partial charge on any atom is -0.497 e. The van der Waals surface area contributed by atoms with E-state index in [0.717, 1.165) is 17.7 Å². The van der Waals surface area contributed by atoms with Gasteiger partial charge in [-0.05, 0) is 72.5 Å². The molecule has 12 nitrogen and oxygen atoms in total. The number of aryl methyl sites for hydroxylation is 3. The van der Waals surface area contributed by atoms with E-state index in [1.807, 2.05) is 0 Å². The summed E-state index contributed by atoms with van der Waals surface area (Å²) in [6.07, 6.45) is -1.57. The van der Waals surface area contributed by atoms with Crippen LogP contribution in [0.2, 0.25) is 5.02 Å². The van der Waals surface area contributed by atoms with Crippen molar-refractivity contribution in [3.63, 3.8) is 0 Å². The van der Waals surface area contributed by atoms with Crippen LogP contribution in [0, 0.1) is 18.6 Å². The first-order valence-electron chi connectivity index (χ1n) is 15.5. The monoisotopic (exact) mass is 736 g/mol. The summed E-state index contributed by atoms with van der Waals surface area (Å²) in [5.41, 5.74) is 1.50. The van der Waals surface area contributed by atoms with Crippen molar-refractivity contribution in [2.24, 2.45) is 7.05 Å². The lowest BCUT2D eigenvalue weighted by Gasteiger charge is -2.23. The SMILES string of the molecule is COc1ccc(CCS(=O)(=O)Nc2nn(C)c3c(-n4c(C(Cc5cc(F)cc(F)c5)NC(=O)O)nc5cccc(C)c5c4=O)ccc(Cl)c23)cc1. The maximum atomic E-state index is 14.5. The Balaban J connectivity index is 1.51. The number of nitrogens with zero attached hydrogens (tertiary/aromatic N) is 4. The fourth-order valence-corrected chi connectivity index (χ4v) is 7.34. The van der Waals surface area contributed by atoms with Gasteiger partial charge in [-0.15, -0.1) is 0 Å². The van der Waals surface area contributed by atoms with Crippen molar-refractivity contribution in [3.05, 3.63) is 122 Å². The molecule has 2 heterocycles. The third kappa shape index (κ3) is 7.35. The van der Waals surface area contributed by atoms with Gasteiger partial charge < -0.3 is 15.2 Å². The minimum atomic E-state index is -3.97. The van der Waals surface area contributed by atoms with Crippen LogP contribution in [0.1, 0.15) is 28.6 Å². The summed E-state index contributed by atoms with van der Waals surface area (Å²) in [4.78, 5) is 31.3. The van der Waals surface area contributed by atoms with Crippen LogP contribution in [0.3, 0.4) is 0 Å². The molecule has 0 saturated heterocycles. The highest BCUT2D eigenvalue weighted by Gasteiger charge is 2.28. The summed E-state index contributed by atoms with van der Waals surface area (Å²) >= 11 is 6.67. The Hall–Kier alpha value is -5.54. The number of hydrogen-bond donors (Lipinski definition) is 3. The van der Waals surface area contributed by atoms with Crippen LogP contribution < -0.4 is 20.3 Å². The second-order valence-corrected chi connectivity index (χ2v) is 14.1. The van der Waals surface area contributed by atoms with Crippen LogP contribution in [-0.2, 0) is 29.9 Å². The Bertz CT molecular complexity index is 2470. The quantitative estimate of drug-likeness (QED) is 0.145. The molecule has 0 radical (unpaired) electrons. The number of aromatic nitrogens is 4. The van der Waals surface area contributed by atoms with Gasteiger partial charge in [0, 0.05) is 19.5 Å². The molecule has 6 rings (SSSR count). The molecule has 1 amide bonds. The van der Waals surface area contributed by atoms with Crippen molar-refractivity contribution in [2.45, 2.75) is 25.8 Å². The van der Waals surface area contributed by atoms with E-state index in [4.69, 9.17) is 21.3 Å². The number of halogens is 3. The first kappa shape index (κ1) is 35.3. The van der Waals surface area contributed by atoms with Crippen molar-refractivity contribution in [1.29, 1.82) is 0 Å². The molecule has 4 aromatic carbocycles. The van der Waals surface area contributed by atoms with Gasteiger partial charge in [0.2, 0.25) is 10.0 Å². The molecule has 0 aliphatic carbocycles. The number of methoxy groups -OCH3 is 1. The van der Waals surface area contributed by atoms with Gasteiger partial charge in [-0.25, -0.2) is 27.0 Å². The van der Waals surface area contributed by atoms with E-state index in [-0.39, 0.29) is 68.3 Å². The number of amides is 1. The van der Waals surface area contributed by atoms with E-state index >= 15 is 0 Å². The average Bonchev–Trinajstić information content (AvgIpc) is 3.39. The first-order valence-corrected chi connectivity index (χ1v) is 17.5. The standard InChI is InChI=1S/C35H31ClF2N6O6S/c1-19-5-4-6-26-29(19)34(45)44(33(39-26)27(40-35(46)47)17-21-15-22(37)18-23(38)16-21)28-12-11-25(36)30-31(28)43(2)41-32(30)42-51(48,49)14-13-20-7-9-24(50-3)10-8-20/h4-12,15-16,18,27,40H,13-14,17H2,1-3H3,(H,41,42)(H,46,47). The van der Waals surface area contributed by atoms with E-state index in [1.54, 1.807) is 49.4 Å². The van der Waals surface area contributed by atoms with Crippen LogP contribution in [0.15, 0.2) is 77.6 Å². The highest BCUT2D eigenvalue weighted by Crippen LogP contribution is 2.36. The molecule has 1 unspecified atom stereocenters. The zero-order valence-corrected chi connectivity index (χ0v) is 29.0. The molecule has 3 N–H and O–H groups in total. The smallest absolute Gasteiger partial charge is 0.405 e. The Labute approximate surface area is 295 Å². The zero-order valence-electron chi connectivity index (χ0n) is 27.4. The van der Waals surface area contributed by atoms with Gasteiger partial charge in [-0.2, -0.15) is 5.10 Å². The number of sulfonamides is 1. The predicted molar refractivity (Wildman–Crippen MR) is 189 cm³/mol. The second-order valence-electron chi connectivity index (χ2n) is 11.8. The fourth-order valence-electron chi connectivity index (χ4n) is 6.05. The number of hydrogen-bond acceptors (Lipinski definition) is 7. The third-order valence-electron chi connectivity index (χ3n) is 8.33. The number of carboxylic acid groups (broad SMARTS) is 1. The summed E-state index contributed by atoms with van der Waals surface area (Å²) in [6, 6.07) is 16.5. The topological polar surface area (TPSA) is 157 Å². The number of nitrogens with one attached hydrogen (secondary N) is 2. The number of ether oxygens (including phenoxy) is 1. The Morgan fingerprint density at radius 3 is 2.39 bits per heavy atom. The Morgan fingerprint density at radius 1 is 1.02 bits per heavy atom. The number of rotatable bonds is 11. The second kappa shape index (κ2) is 14.0. The number of benzene rings is 4. The molecule has 1 atom stereocenters. The molecule has 16 heteroatoms. The number of anilines is 1. The van der Waals surface area contributed by atoms with Crippen molar-refractivity contribution >= 4 is 55.3 Å². The van der Waals surface area contributed by atoms with Gasteiger partial charge in [-0.3, -0.25) is 18.8 Å². The molecule has 264 valence electrons. The van der Waals surface area contributed by atoms with Crippen LogP contribution >= 0.6 is 11.6 Å². The van der Waals surface area contributed by atoms with Crippen molar-refractivity contribution in [2.75, 3.05) is 17.6 Å². The normalized spacial score (nSPS) is 12.3. The molecular weight excluding hydrogens is 706 g/mol. The molecule has 0 spiro atoms. The predicted octanol–water partition coefficient (Wildman–Crippen LogP) is 6.06. The maximum absolute atomic E-state index is 14.5. The molecule has 2 aromatic heterocycles. The van der Waals surface area contributed by atoms with E-state index in [0.29, 0.717) is 17.4 Å². The molecule has 0 bridgehead atoms. The summed E-state index contributed by atoms with van der Waals surface area (Å²) in [5.74, 6) is -1.58. The first-order chi connectivity index (χ1) is 24.2. The van der Waals surface area contributed by atoms with Crippen LogP contribution in [-0.4, -0.2) is 51.8 Å². The average molecular weight is 737 g/mol. The molecule has 6 aromatic rings. The van der Waals surface area contributed by atoms with Crippen molar-refractivity contribution in [1.82, 2.24) is 24.6 Å². The summed E-state index contributed by atoms with van der Waals surface area (Å²) in [6.45, 7) is 1.72. The highest BCUT2D eigenvalue weighted by molar-refractivity contribution is 7.92. The van der Waals surface area contributed by atoms with Gasteiger partial charge in [0.05, 0.1) is 51.4 Å². The van der Waals surface area contributed by atoms with E-state index in [2.05, 4.69) is 15.1 Å². The number of carbonyl (C=O) groups is 1. The van der Waals surface area contributed by atoms with Gasteiger partial charge in [0.1, 0.15) is 23.2 Å². The van der Waals surface area contributed by atoms with Crippen molar-refractivity contribution < 1.29 is 31.8 Å². The summed E-state index contributed by atoms with van der Waals surface area (Å²) in [5, 5.41) is 17.1. The molecule has 0 aliphatic rings. The molecule has 0 fully saturated rings. The van der Waals surface area contributed by atoms with E-state index < -0.39 is 39.4 Å². The minimum absolute atomic E-state index is 0.0935. The van der Waals surface area contributed by atoms with Crippen LogP contribution in [0.5, 0.6) is 5.75 Å². The zero-order chi connectivity index (χ0) is 36.6. The highest BCUT2D eigenvalue weighted by atomic mass is 35.5.